The second-order valence-electron chi connectivity index (χ2n) is 7.66. The normalized spacial score (nSPS) is 11.9. The molecular formula is C24H24N4O. The first kappa shape index (κ1) is 17.8. The maximum Gasteiger partial charge on any atom is 0.136 e. The van der Waals surface area contributed by atoms with Gasteiger partial charge >= 0.3 is 0 Å². The van der Waals surface area contributed by atoms with Gasteiger partial charge in [-0.25, -0.2) is 4.98 Å². The van der Waals surface area contributed by atoms with Crippen LogP contribution in [0, 0.1) is 0 Å². The summed E-state index contributed by atoms with van der Waals surface area (Å²) in [5, 5.41) is 9.37. The number of likely N-dealkylation sites (N-methyl/N-ethyl adjacent to an activating group) is 1. The molecule has 29 heavy (non-hydrogen) atoms. The van der Waals surface area contributed by atoms with Gasteiger partial charge in [0.25, 0.3) is 0 Å². The molecule has 0 radical (unpaired) electrons. The van der Waals surface area contributed by atoms with Crippen molar-refractivity contribution in [3.63, 3.8) is 0 Å². The third-order valence-corrected chi connectivity index (χ3v) is 5.49. The van der Waals surface area contributed by atoms with Gasteiger partial charge in [-0.2, -0.15) is 0 Å². The Morgan fingerprint density at radius 3 is 2.62 bits per heavy atom. The first-order chi connectivity index (χ1) is 14.2. The van der Waals surface area contributed by atoms with Gasteiger partial charge in [0.1, 0.15) is 11.6 Å². The molecule has 0 amide bonds. The zero-order chi connectivity index (χ0) is 20.0. The van der Waals surface area contributed by atoms with E-state index in [1.165, 1.54) is 10.8 Å². The highest BCUT2D eigenvalue weighted by Crippen LogP contribution is 2.38. The number of pyridine rings is 1. The molecule has 0 saturated carbocycles. The fourth-order valence-electron chi connectivity index (χ4n) is 4.03. The van der Waals surface area contributed by atoms with E-state index in [9.17, 15) is 0 Å². The van der Waals surface area contributed by atoms with Crippen molar-refractivity contribution in [2.45, 2.75) is 0 Å². The Labute approximate surface area is 169 Å². The van der Waals surface area contributed by atoms with E-state index in [0.717, 1.165) is 57.4 Å². The molecule has 5 aromatic rings. The minimum Gasteiger partial charge on any atom is -0.497 e. The van der Waals surface area contributed by atoms with Crippen LogP contribution in [0.4, 0.5) is 5.82 Å². The van der Waals surface area contributed by atoms with Crippen molar-refractivity contribution in [3.8, 4) is 5.75 Å². The monoisotopic (exact) mass is 384 g/mol. The van der Waals surface area contributed by atoms with Gasteiger partial charge in [-0.15, -0.1) is 0 Å². The lowest BCUT2D eigenvalue weighted by atomic mass is 10.0. The Balaban J connectivity index is 1.81. The van der Waals surface area contributed by atoms with Crippen molar-refractivity contribution in [3.05, 3.63) is 54.6 Å². The number of nitrogens with zero attached hydrogens (tertiary/aromatic N) is 2. The number of rotatable bonds is 5. The van der Waals surface area contributed by atoms with Crippen LogP contribution in [0.15, 0.2) is 54.6 Å². The summed E-state index contributed by atoms with van der Waals surface area (Å²) in [6.45, 7) is 1.78. The number of anilines is 1. The summed E-state index contributed by atoms with van der Waals surface area (Å²) in [7, 11) is 5.86. The average Bonchev–Trinajstić information content (AvgIpc) is 3.13. The second-order valence-corrected chi connectivity index (χ2v) is 7.66. The van der Waals surface area contributed by atoms with E-state index in [1.54, 1.807) is 7.11 Å². The highest BCUT2D eigenvalue weighted by molar-refractivity contribution is 6.24. The predicted octanol–water partition coefficient (Wildman–Crippen LogP) is 5.00. The largest absolute Gasteiger partial charge is 0.497 e. The van der Waals surface area contributed by atoms with E-state index in [-0.39, 0.29) is 0 Å². The maximum atomic E-state index is 5.40. The molecule has 0 atom stereocenters. The standard InChI is InChI=1S/C24H24N4O/c1-28(2)13-12-25-24-21-19-10-8-15-14-16(29-3)9-11-17(15)22(19)27-23(21)18-6-4-5-7-20(18)26-24/h4-11,14,27H,12-13H2,1-3H3,(H,25,26). The van der Waals surface area contributed by atoms with Crippen molar-refractivity contribution in [1.82, 2.24) is 14.9 Å². The topological polar surface area (TPSA) is 53.2 Å². The van der Waals surface area contributed by atoms with Crippen LogP contribution in [0.2, 0.25) is 0 Å². The van der Waals surface area contributed by atoms with Crippen molar-refractivity contribution in [2.24, 2.45) is 0 Å². The number of hydrogen-bond donors (Lipinski definition) is 2. The molecule has 0 aliphatic heterocycles. The molecular weight excluding hydrogens is 360 g/mol. The van der Waals surface area contributed by atoms with Gasteiger partial charge in [0.15, 0.2) is 0 Å². The quantitative estimate of drug-likeness (QED) is 0.447. The lowest BCUT2D eigenvalue weighted by molar-refractivity contribution is 0.415. The van der Waals surface area contributed by atoms with Crippen LogP contribution in [-0.2, 0) is 0 Å². The molecule has 0 spiro atoms. The molecule has 0 unspecified atom stereocenters. The van der Waals surface area contributed by atoms with E-state index in [1.807, 2.05) is 12.1 Å². The molecule has 2 aromatic heterocycles. The van der Waals surface area contributed by atoms with Crippen molar-refractivity contribution in [2.75, 3.05) is 39.6 Å². The summed E-state index contributed by atoms with van der Waals surface area (Å²) in [4.78, 5) is 10.8. The molecule has 5 nitrogen and oxygen atoms in total. The molecule has 5 heteroatoms. The minimum absolute atomic E-state index is 0.838. The lowest BCUT2D eigenvalue weighted by Crippen LogP contribution is -2.21. The molecule has 5 rings (SSSR count). The number of nitrogens with one attached hydrogen (secondary N) is 2. The smallest absolute Gasteiger partial charge is 0.136 e. The number of benzene rings is 3. The summed E-state index contributed by atoms with van der Waals surface area (Å²) in [5.41, 5.74) is 3.25. The fourth-order valence-corrected chi connectivity index (χ4v) is 4.03. The Kier molecular flexibility index (Phi) is 4.25. The van der Waals surface area contributed by atoms with Gasteiger partial charge in [0.05, 0.1) is 29.0 Å². The highest BCUT2D eigenvalue weighted by Gasteiger charge is 2.16. The first-order valence-corrected chi connectivity index (χ1v) is 9.85. The van der Waals surface area contributed by atoms with E-state index in [4.69, 9.17) is 9.72 Å². The number of hydrogen-bond acceptors (Lipinski definition) is 4. The van der Waals surface area contributed by atoms with Crippen LogP contribution in [0.25, 0.3) is 43.5 Å². The SMILES string of the molecule is COc1ccc2c(ccc3c2[nH]c2c4ccccc4nc(NCCN(C)C)c32)c1. The summed E-state index contributed by atoms with van der Waals surface area (Å²) < 4.78 is 5.40. The van der Waals surface area contributed by atoms with Crippen molar-refractivity contribution < 1.29 is 4.74 Å². The van der Waals surface area contributed by atoms with Crippen LogP contribution < -0.4 is 10.1 Å². The average molecular weight is 384 g/mol. The van der Waals surface area contributed by atoms with Crippen LogP contribution in [0.3, 0.4) is 0 Å². The molecule has 3 aromatic carbocycles. The molecule has 0 fully saturated rings. The number of methoxy groups -OCH3 is 1. The summed E-state index contributed by atoms with van der Waals surface area (Å²) >= 11 is 0. The summed E-state index contributed by atoms with van der Waals surface area (Å²) in [6, 6.07) is 18.9. The number of H-pyrrole nitrogens is 1. The van der Waals surface area contributed by atoms with E-state index >= 15 is 0 Å². The Morgan fingerprint density at radius 1 is 0.966 bits per heavy atom. The molecule has 146 valence electrons. The Morgan fingerprint density at radius 2 is 1.79 bits per heavy atom. The van der Waals surface area contributed by atoms with Gasteiger partial charge < -0.3 is 19.9 Å². The van der Waals surface area contributed by atoms with Gasteiger partial charge in [0, 0.05) is 29.2 Å². The minimum atomic E-state index is 0.838. The van der Waals surface area contributed by atoms with Gasteiger partial charge in [-0.05, 0) is 43.7 Å². The maximum absolute atomic E-state index is 5.40. The first-order valence-electron chi connectivity index (χ1n) is 9.85. The molecule has 0 aliphatic carbocycles. The molecule has 2 heterocycles. The van der Waals surface area contributed by atoms with Crippen molar-refractivity contribution >= 4 is 49.3 Å². The Hall–Kier alpha value is -3.31. The van der Waals surface area contributed by atoms with E-state index < -0.39 is 0 Å². The second kappa shape index (κ2) is 6.94. The zero-order valence-corrected chi connectivity index (χ0v) is 16.9. The summed E-state index contributed by atoms with van der Waals surface area (Å²) in [5.74, 6) is 1.80. The third-order valence-electron chi connectivity index (χ3n) is 5.49. The number of aromatic nitrogens is 2. The zero-order valence-electron chi connectivity index (χ0n) is 16.9. The Bertz CT molecular complexity index is 1350. The highest BCUT2D eigenvalue weighted by atomic mass is 16.5. The van der Waals surface area contributed by atoms with Crippen LogP contribution in [0.1, 0.15) is 0 Å². The van der Waals surface area contributed by atoms with Crippen molar-refractivity contribution in [1.29, 1.82) is 0 Å². The lowest BCUT2D eigenvalue weighted by Gasteiger charge is -2.13. The molecule has 2 N–H and O–H groups in total. The summed E-state index contributed by atoms with van der Waals surface area (Å²) in [6.07, 6.45) is 0. The van der Waals surface area contributed by atoms with E-state index in [0.29, 0.717) is 0 Å². The number of aromatic amines is 1. The number of para-hydroxylation sites is 1. The molecule has 0 aliphatic rings. The van der Waals surface area contributed by atoms with Crippen LogP contribution in [-0.4, -0.2) is 49.2 Å². The van der Waals surface area contributed by atoms with Gasteiger partial charge in [-0.1, -0.05) is 30.3 Å². The van der Waals surface area contributed by atoms with Crippen LogP contribution >= 0.6 is 0 Å². The molecule has 0 bridgehead atoms. The fraction of sp³-hybridized carbons (Fsp3) is 0.208. The van der Waals surface area contributed by atoms with Gasteiger partial charge in [0.2, 0.25) is 0 Å². The van der Waals surface area contributed by atoms with E-state index in [2.05, 4.69) is 71.8 Å². The third kappa shape index (κ3) is 2.95. The number of fused-ring (bicyclic) bond motifs is 7. The predicted molar refractivity (Wildman–Crippen MR) is 122 cm³/mol. The van der Waals surface area contributed by atoms with Crippen LogP contribution in [0.5, 0.6) is 5.75 Å². The number of ether oxygens (including phenoxy) is 1. The van der Waals surface area contributed by atoms with Gasteiger partial charge in [-0.3, -0.25) is 0 Å². The molecule has 0 saturated heterocycles.